The van der Waals surface area contributed by atoms with Crippen LogP contribution in [0.2, 0.25) is 0 Å². The van der Waals surface area contributed by atoms with Crippen LogP contribution >= 0.6 is 11.8 Å². The molecule has 1 aromatic heterocycles. The van der Waals surface area contributed by atoms with E-state index >= 15 is 0 Å². The van der Waals surface area contributed by atoms with Crippen molar-refractivity contribution in [1.82, 2.24) is 14.8 Å². The van der Waals surface area contributed by atoms with Crippen LogP contribution in [0.1, 0.15) is 53.2 Å². The summed E-state index contributed by atoms with van der Waals surface area (Å²) in [5.74, 6) is 1.56. The number of thioether (sulfide) groups is 1. The number of hydrogen-bond acceptors (Lipinski definition) is 5. The lowest BCUT2D eigenvalue weighted by atomic mass is 10.0. The predicted octanol–water partition coefficient (Wildman–Crippen LogP) is 3.81. The molecular formula is C19H24N4OS. The highest BCUT2D eigenvalue weighted by Crippen LogP contribution is 2.41. The van der Waals surface area contributed by atoms with Crippen LogP contribution < -0.4 is 4.90 Å². The van der Waals surface area contributed by atoms with Gasteiger partial charge in [-0.1, -0.05) is 23.9 Å². The highest BCUT2D eigenvalue weighted by molar-refractivity contribution is 7.99. The van der Waals surface area contributed by atoms with E-state index in [1.165, 1.54) is 43.0 Å². The van der Waals surface area contributed by atoms with Gasteiger partial charge >= 0.3 is 0 Å². The summed E-state index contributed by atoms with van der Waals surface area (Å²) in [6, 6.07) is 6.45. The lowest BCUT2D eigenvalue weighted by Gasteiger charge is -2.17. The minimum Gasteiger partial charge on any atom is -0.341 e. The molecular weight excluding hydrogens is 332 g/mol. The van der Waals surface area contributed by atoms with Crippen LogP contribution in [0.5, 0.6) is 0 Å². The van der Waals surface area contributed by atoms with E-state index in [0.717, 1.165) is 35.3 Å². The number of anilines is 1. The van der Waals surface area contributed by atoms with Gasteiger partial charge in [-0.15, -0.1) is 10.2 Å². The Morgan fingerprint density at radius 2 is 1.92 bits per heavy atom. The van der Waals surface area contributed by atoms with E-state index in [-0.39, 0.29) is 5.78 Å². The van der Waals surface area contributed by atoms with E-state index in [4.69, 9.17) is 0 Å². The summed E-state index contributed by atoms with van der Waals surface area (Å²) in [6.07, 6.45) is 4.84. The minimum atomic E-state index is 0.154. The number of ketones is 1. The molecule has 4 rings (SSSR count). The second-order valence-corrected chi connectivity index (χ2v) is 8.03. The first kappa shape index (κ1) is 16.6. The zero-order valence-electron chi connectivity index (χ0n) is 14.9. The molecule has 1 aromatic carbocycles. The van der Waals surface area contributed by atoms with E-state index in [9.17, 15) is 4.79 Å². The Labute approximate surface area is 152 Å². The SMILES string of the molecule is Cc1ccc(C(=O)CSc2nnc(N3CCCC3)n2C2CC2)cc1C. The Bertz CT molecular complexity index is 791. The van der Waals surface area contributed by atoms with E-state index in [1.54, 1.807) is 0 Å². The van der Waals surface area contributed by atoms with Gasteiger partial charge in [0.1, 0.15) is 0 Å². The Morgan fingerprint density at radius 1 is 1.16 bits per heavy atom. The summed E-state index contributed by atoms with van der Waals surface area (Å²) in [5, 5.41) is 9.73. The lowest BCUT2D eigenvalue weighted by molar-refractivity contribution is 0.102. The molecule has 0 N–H and O–H groups in total. The third-order valence-corrected chi connectivity index (χ3v) is 6.05. The fourth-order valence-corrected chi connectivity index (χ4v) is 4.18. The molecule has 1 aliphatic carbocycles. The molecule has 25 heavy (non-hydrogen) atoms. The molecule has 0 atom stereocenters. The molecule has 2 aromatic rings. The van der Waals surface area contributed by atoms with Crippen molar-refractivity contribution >= 4 is 23.5 Å². The number of aryl methyl sites for hydroxylation is 2. The summed E-state index contributed by atoms with van der Waals surface area (Å²) in [4.78, 5) is 14.9. The summed E-state index contributed by atoms with van der Waals surface area (Å²) in [7, 11) is 0. The molecule has 0 unspecified atom stereocenters. The van der Waals surface area contributed by atoms with Crippen LogP contribution in [-0.4, -0.2) is 39.4 Å². The molecule has 0 spiro atoms. The van der Waals surface area contributed by atoms with Gasteiger partial charge in [-0.25, -0.2) is 0 Å². The molecule has 0 radical (unpaired) electrons. The number of hydrogen-bond donors (Lipinski definition) is 0. The number of Topliss-reactive ketones (excluding diaryl/α,β-unsaturated/α-hetero) is 1. The number of benzene rings is 1. The summed E-state index contributed by atoms with van der Waals surface area (Å²) >= 11 is 1.52. The van der Waals surface area contributed by atoms with Gasteiger partial charge in [-0.05, 0) is 56.7 Å². The van der Waals surface area contributed by atoms with Gasteiger partial charge in [-0.2, -0.15) is 0 Å². The van der Waals surface area contributed by atoms with Crippen molar-refractivity contribution in [1.29, 1.82) is 0 Å². The maximum atomic E-state index is 12.6. The Hall–Kier alpha value is -1.82. The minimum absolute atomic E-state index is 0.154. The molecule has 6 heteroatoms. The van der Waals surface area contributed by atoms with E-state index in [2.05, 4.69) is 26.6 Å². The number of rotatable bonds is 6. The summed E-state index contributed by atoms with van der Waals surface area (Å²) in [6.45, 7) is 6.25. The van der Waals surface area contributed by atoms with Crippen molar-refractivity contribution < 1.29 is 4.79 Å². The van der Waals surface area contributed by atoms with E-state index in [1.807, 2.05) is 25.1 Å². The molecule has 1 aliphatic heterocycles. The molecule has 1 saturated carbocycles. The van der Waals surface area contributed by atoms with Crippen molar-refractivity contribution in [2.45, 2.75) is 50.7 Å². The van der Waals surface area contributed by atoms with Gasteiger partial charge in [0, 0.05) is 24.7 Å². The molecule has 0 amide bonds. The smallest absolute Gasteiger partial charge is 0.228 e. The first-order valence-electron chi connectivity index (χ1n) is 9.06. The van der Waals surface area contributed by atoms with E-state index < -0.39 is 0 Å². The fraction of sp³-hybridized carbons (Fsp3) is 0.526. The monoisotopic (exact) mass is 356 g/mol. The molecule has 2 heterocycles. The Kier molecular flexibility index (Phi) is 4.54. The maximum absolute atomic E-state index is 12.6. The average molecular weight is 356 g/mol. The van der Waals surface area contributed by atoms with Crippen molar-refractivity contribution in [3.05, 3.63) is 34.9 Å². The normalized spacial score (nSPS) is 17.3. The fourth-order valence-electron chi connectivity index (χ4n) is 3.28. The summed E-state index contributed by atoms with van der Waals surface area (Å²) in [5.41, 5.74) is 3.16. The number of aromatic nitrogens is 3. The van der Waals surface area contributed by atoms with Crippen LogP contribution in [-0.2, 0) is 0 Å². The largest absolute Gasteiger partial charge is 0.341 e. The number of carbonyl (C=O) groups excluding carboxylic acids is 1. The third-order valence-electron chi connectivity index (χ3n) is 5.11. The van der Waals surface area contributed by atoms with Crippen LogP contribution in [0.3, 0.4) is 0 Å². The highest BCUT2D eigenvalue weighted by Gasteiger charge is 2.32. The van der Waals surface area contributed by atoms with Crippen LogP contribution in [0, 0.1) is 13.8 Å². The molecule has 0 bridgehead atoms. The maximum Gasteiger partial charge on any atom is 0.228 e. The van der Waals surface area contributed by atoms with Gasteiger partial charge < -0.3 is 4.90 Å². The first-order chi connectivity index (χ1) is 12.1. The quantitative estimate of drug-likeness (QED) is 0.582. The van der Waals surface area contributed by atoms with Crippen LogP contribution in [0.15, 0.2) is 23.4 Å². The number of carbonyl (C=O) groups is 1. The topological polar surface area (TPSA) is 51.0 Å². The second-order valence-electron chi connectivity index (χ2n) is 7.09. The lowest BCUT2D eigenvalue weighted by Crippen LogP contribution is -2.22. The average Bonchev–Trinajstić information content (AvgIpc) is 3.13. The Balaban J connectivity index is 1.49. The second kappa shape index (κ2) is 6.83. The van der Waals surface area contributed by atoms with Gasteiger partial charge in [-0.3, -0.25) is 9.36 Å². The van der Waals surface area contributed by atoms with Crippen LogP contribution in [0.4, 0.5) is 5.95 Å². The zero-order valence-corrected chi connectivity index (χ0v) is 15.7. The molecule has 1 saturated heterocycles. The molecule has 5 nitrogen and oxygen atoms in total. The third kappa shape index (κ3) is 3.45. The van der Waals surface area contributed by atoms with Gasteiger partial charge in [0.05, 0.1) is 5.75 Å². The van der Waals surface area contributed by atoms with Gasteiger partial charge in [0.25, 0.3) is 0 Å². The number of nitrogens with zero attached hydrogens (tertiary/aromatic N) is 4. The highest BCUT2D eigenvalue weighted by atomic mass is 32.2. The Morgan fingerprint density at radius 3 is 2.60 bits per heavy atom. The standard InChI is InChI=1S/C19H24N4OS/c1-13-5-6-15(11-14(13)2)17(24)12-25-19-21-20-18(22-9-3-4-10-22)23(19)16-7-8-16/h5-6,11,16H,3-4,7-10,12H2,1-2H3. The van der Waals surface area contributed by atoms with Crippen molar-refractivity contribution in [3.63, 3.8) is 0 Å². The predicted molar refractivity (Wildman–Crippen MR) is 101 cm³/mol. The first-order valence-corrected chi connectivity index (χ1v) is 10.0. The van der Waals surface area contributed by atoms with Crippen LogP contribution in [0.25, 0.3) is 0 Å². The molecule has 2 fully saturated rings. The molecule has 2 aliphatic rings. The van der Waals surface area contributed by atoms with Gasteiger partial charge in [0.15, 0.2) is 10.9 Å². The molecule has 132 valence electrons. The van der Waals surface area contributed by atoms with Crippen molar-refractivity contribution in [3.8, 4) is 0 Å². The zero-order chi connectivity index (χ0) is 17.4. The van der Waals surface area contributed by atoms with Crippen molar-refractivity contribution in [2.75, 3.05) is 23.7 Å². The van der Waals surface area contributed by atoms with E-state index in [0.29, 0.717) is 11.8 Å². The summed E-state index contributed by atoms with van der Waals surface area (Å²) < 4.78 is 2.27. The van der Waals surface area contributed by atoms with Crippen molar-refractivity contribution in [2.24, 2.45) is 0 Å². The van der Waals surface area contributed by atoms with Gasteiger partial charge in [0.2, 0.25) is 5.95 Å².